The minimum absolute atomic E-state index is 0.289. The molecule has 0 atom stereocenters. The molecule has 2 heterocycles. The van der Waals surface area contributed by atoms with E-state index >= 15 is 0 Å². The van der Waals surface area contributed by atoms with Crippen molar-refractivity contribution < 1.29 is 9.63 Å². The molecule has 2 aromatic heterocycles. The quantitative estimate of drug-likeness (QED) is 0.730. The Morgan fingerprint density at radius 3 is 2.48 bits per heavy atom. The molecule has 0 fully saturated rings. The average Bonchev–Trinajstić information content (AvgIpc) is 3.08. The molecule has 118 valence electrons. The van der Waals surface area contributed by atoms with E-state index in [-0.39, 0.29) is 5.75 Å². The van der Waals surface area contributed by atoms with Gasteiger partial charge >= 0.3 is 0 Å². The van der Waals surface area contributed by atoms with Gasteiger partial charge in [-0.15, -0.1) is 0 Å². The summed E-state index contributed by atoms with van der Waals surface area (Å²) in [6, 6.07) is 7.45. The fourth-order valence-electron chi connectivity index (χ4n) is 3.66. The molecule has 0 saturated heterocycles. The van der Waals surface area contributed by atoms with Gasteiger partial charge in [-0.2, -0.15) is 0 Å². The Balaban J connectivity index is 1.99. The standard InChI is InChI=1S/C19H20N2O2/c1-11-17(12(2)23-21-11)19-18(13-7-9-14(22)10-8-13)15-5-3-4-6-16(15)20-19/h7-10,20,22H,3-6H2,1-2H3. The van der Waals surface area contributed by atoms with Crippen LogP contribution in [-0.4, -0.2) is 15.2 Å². The lowest BCUT2D eigenvalue weighted by molar-refractivity contribution is 0.393. The van der Waals surface area contributed by atoms with E-state index in [2.05, 4.69) is 10.1 Å². The number of phenolic OH excluding ortho intramolecular Hbond substituents is 1. The molecule has 4 nitrogen and oxygen atoms in total. The molecule has 0 saturated carbocycles. The molecule has 2 N–H and O–H groups in total. The molecule has 0 radical (unpaired) electrons. The van der Waals surface area contributed by atoms with Crippen LogP contribution in [0.15, 0.2) is 28.8 Å². The molecule has 1 aliphatic rings. The van der Waals surface area contributed by atoms with E-state index in [1.807, 2.05) is 26.0 Å². The van der Waals surface area contributed by atoms with Crippen molar-refractivity contribution in [3.8, 4) is 28.1 Å². The van der Waals surface area contributed by atoms with Crippen LogP contribution in [0.1, 0.15) is 35.6 Å². The number of aromatic hydroxyl groups is 1. The van der Waals surface area contributed by atoms with Gasteiger partial charge in [-0.05, 0) is 62.8 Å². The van der Waals surface area contributed by atoms with Gasteiger partial charge in [-0.3, -0.25) is 0 Å². The van der Waals surface area contributed by atoms with Gasteiger partial charge in [-0.25, -0.2) is 0 Å². The third-order valence-corrected chi connectivity index (χ3v) is 4.73. The van der Waals surface area contributed by atoms with Gasteiger partial charge in [0.1, 0.15) is 11.5 Å². The fourth-order valence-corrected chi connectivity index (χ4v) is 3.66. The van der Waals surface area contributed by atoms with E-state index in [9.17, 15) is 5.11 Å². The number of aryl methyl sites for hydroxylation is 3. The molecule has 0 spiro atoms. The molecule has 23 heavy (non-hydrogen) atoms. The monoisotopic (exact) mass is 308 g/mol. The van der Waals surface area contributed by atoms with E-state index in [0.29, 0.717) is 0 Å². The summed E-state index contributed by atoms with van der Waals surface area (Å²) in [6.45, 7) is 3.93. The highest BCUT2D eigenvalue weighted by Gasteiger charge is 2.25. The number of nitrogens with zero attached hydrogens (tertiary/aromatic N) is 1. The smallest absolute Gasteiger partial charge is 0.143 e. The highest BCUT2D eigenvalue weighted by molar-refractivity contribution is 5.86. The Morgan fingerprint density at radius 2 is 1.78 bits per heavy atom. The summed E-state index contributed by atoms with van der Waals surface area (Å²) in [5.74, 6) is 1.12. The minimum atomic E-state index is 0.289. The average molecular weight is 308 g/mol. The first-order valence-electron chi connectivity index (χ1n) is 8.11. The number of rotatable bonds is 2. The highest BCUT2D eigenvalue weighted by Crippen LogP contribution is 2.42. The molecule has 4 rings (SSSR count). The lowest BCUT2D eigenvalue weighted by Gasteiger charge is -2.13. The number of aromatic amines is 1. The SMILES string of the molecule is Cc1noc(C)c1-c1[nH]c2c(c1-c1ccc(O)cc1)CCCC2. The Hall–Kier alpha value is -2.49. The summed E-state index contributed by atoms with van der Waals surface area (Å²) in [6.07, 6.45) is 4.62. The van der Waals surface area contributed by atoms with Gasteiger partial charge in [0.2, 0.25) is 0 Å². The summed E-state index contributed by atoms with van der Waals surface area (Å²) in [5.41, 5.74) is 8.14. The van der Waals surface area contributed by atoms with Crippen molar-refractivity contribution in [2.75, 3.05) is 0 Å². The molecule has 4 heteroatoms. The molecule has 3 aromatic rings. The fraction of sp³-hybridized carbons (Fsp3) is 0.316. The van der Waals surface area contributed by atoms with Gasteiger partial charge in [0.25, 0.3) is 0 Å². The second kappa shape index (κ2) is 5.30. The van der Waals surface area contributed by atoms with Gasteiger partial charge in [0.05, 0.1) is 17.0 Å². The number of nitrogens with one attached hydrogen (secondary N) is 1. The molecule has 1 aromatic carbocycles. The molecular weight excluding hydrogens is 288 g/mol. The van der Waals surface area contributed by atoms with Crippen LogP contribution in [0.5, 0.6) is 5.75 Å². The van der Waals surface area contributed by atoms with Crippen LogP contribution in [0.4, 0.5) is 0 Å². The van der Waals surface area contributed by atoms with Crippen LogP contribution in [-0.2, 0) is 12.8 Å². The second-order valence-electron chi connectivity index (χ2n) is 6.29. The zero-order chi connectivity index (χ0) is 16.0. The van der Waals surface area contributed by atoms with Crippen LogP contribution in [0.3, 0.4) is 0 Å². The number of fused-ring (bicyclic) bond motifs is 1. The number of hydrogen-bond donors (Lipinski definition) is 2. The predicted molar refractivity (Wildman–Crippen MR) is 89.5 cm³/mol. The maximum atomic E-state index is 9.60. The van der Waals surface area contributed by atoms with Crippen LogP contribution in [0, 0.1) is 13.8 Å². The number of H-pyrrole nitrogens is 1. The Labute approximate surface area is 135 Å². The lowest BCUT2D eigenvalue weighted by atomic mass is 9.90. The van der Waals surface area contributed by atoms with E-state index in [1.54, 1.807) is 12.1 Å². The van der Waals surface area contributed by atoms with Crippen molar-refractivity contribution in [1.29, 1.82) is 0 Å². The molecule has 0 amide bonds. The zero-order valence-electron chi connectivity index (χ0n) is 13.4. The van der Waals surface area contributed by atoms with E-state index in [0.717, 1.165) is 41.1 Å². The van der Waals surface area contributed by atoms with E-state index < -0.39 is 0 Å². The van der Waals surface area contributed by atoms with Crippen molar-refractivity contribution in [3.63, 3.8) is 0 Å². The van der Waals surface area contributed by atoms with Crippen LogP contribution in [0.25, 0.3) is 22.4 Å². The van der Waals surface area contributed by atoms with Crippen molar-refractivity contribution in [2.24, 2.45) is 0 Å². The van der Waals surface area contributed by atoms with Crippen LogP contribution >= 0.6 is 0 Å². The van der Waals surface area contributed by atoms with Gasteiger partial charge in [0.15, 0.2) is 0 Å². The zero-order valence-corrected chi connectivity index (χ0v) is 13.4. The summed E-state index contributed by atoms with van der Waals surface area (Å²) in [7, 11) is 0. The number of benzene rings is 1. The highest BCUT2D eigenvalue weighted by atomic mass is 16.5. The third kappa shape index (κ3) is 2.25. The van der Waals surface area contributed by atoms with Crippen molar-refractivity contribution >= 4 is 0 Å². The first kappa shape index (κ1) is 14.1. The second-order valence-corrected chi connectivity index (χ2v) is 6.29. The Kier molecular flexibility index (Phi) is 3.26. The van der Waals surface area contributed by atoms with Crippen LogP contribution < -0.4 is 0 Å². The Morgan fingerprint density at radius 1 is 1.04 bits per heavy atom. The summed E-state index contributed by atoms with van der Waals surface area (Å²) in [5, 5.41) is 13.7. The van der Waals surface area contributed by atoms with Crippen LogP contribution in [0.2, 0.25) is 0 Å². The van der Waals surface area contributed by atoms with Crippen molar-refractivity contribution in [3.05, 3.63) is 47.0 Å². The first-order chi connectivity index (χ1) is 11.1. The number of phenols is 1. The number of aromatic nitrogens is 2. The Bertz CT molecular complexity index is 837. The summed E-state index contributed by atoms with van der Waals surface area (Å²) in [4.78, 5) is 3.64. The molecule has 0 aliphatic heterocycles. The molecule has 1 aliphatic carbocycles. The van der Waals surface area contributed by atoms with Gasteiger partial charge < -0.3 is 14.6 Å². The van der Waals surface area contributed by atoms with Crippen molar-refractivity contribution in [1.82, 2.24) is 10.1 Å². The van der Waals surface area contributed by atoms with E-state index in [4.69, 9.17) is 4.52 Å². The summed E-state index contributed by atoms with van der Waals surface area (Å²) >= 11 is 0. The maximum Gasteiger partial charge on any atom is 0.143 e. The van der Waals surface area contributed by atoms with Gasteiger partial charge in [0, 0.05) is 11.3 Å². The maximum absolute atomic E-state index is 9.60. The molecule has 0 unspecified atom stereocenters. The molecule has 0 bridgehead atoms. The van der Waals surface area contributed by atoms with Gasteiger partial charge in [-0.1, -0.05) is 17.3 Å². The minimum Gasteiger partial charge on any atom is -0.508 e. The first-order valence-corrected chi connectivity index (χ1v) is 8.11. The largest absolute Gasteiger partial charge is 0.508 e. The third-order valence-electron chi connectivity index (χ3n) is 4.73. The normalized spacial score (nSPS) is 14.0. The topological polar surface area (TPSA) is 62.0 Å². The van der Waals surface area contributed by atoms with E-state index in [1.165, 1.54) is 29.7 Å². The number of hydrogen-bond acceptors (Lipinski definition) is 3. The molecular formula is C19H20N2O2. The summed E-state index contributed by atoms with van der Waals surface area (Å²) < 4.78 is 5.38. The predicted octanol–water partition coefficient (Wildman–Crippen LogP) is 4.54. The lowest BCUT2D eigenvalue weighted by Crippen LogP contribution is -2.01. The van der Waals surface area contributed by atoms with Crippen molar-refractivity contribution in [2.45, 2.75) is 39.5 Å².